The lowest BCUT2D eigenvalue weighted by Gasteiger charge is -2.18. The SMILES string of the molecule is CC/C=C\C/C=C\C/C=C\C/C=C\CCCCCCC(=O)OCC(COC(=O)CCCCCCCCC)OC(=O)CCCCCCCCC/C=C\C/C=C\C/C=C\CC. The molecule has 6 heteroatoms. The Balaban J connectivity index is 4.36. The molecule has 0 heterocycles. The van der Waals surface area contributed by atoms with E-state index in [0.717, 1.165) is 122 Å². The van der Waals surface area contributed by atoms with E-state index in [2.05, 4.69) is 106 Å². The average molecular weight is 821 g/mol. The van der Waals surface area contributed by atoms with E-state index < -0.39 is 6.10 Å². The molecular formula is C53H88O6. The van der Waals surface area contributed by atoms with Crippen LogP contribution in [0.25, 0.3) is 0 Å². The quantitative estimate of drug-likeness (QED) is 0.0264. The average Bonchev–Trinajstić information content (AvgIpc) is 3.23. The van der Waals surface area contributed by atoms with E-state index in [1.807, 2.05) is 0 Å². The number of hydrogen-bond acceptors (Lipinski definition) is 6. The van der Waals surface area contributed by atoms with Gasteiger partial charge in [0.25, 0.3) is 0 Å². The number of carbonyl (C=O) groups excluding carboxylic acids is 3. The van der Waals surface area contributed by atoms with E-state index in [1.54, 1.807) is 0 Å². The summed E-state index contributed by atoms with van der Waals surface area (Å²) in [6.45, 7) is 6.33. The summed E-state index contributed by atoms with van der Waals surface area (Å²) in [7, 11) is 0. The molecule has 0 saturated carbocycles. The summed E-state index contributed by atoms with van der Waals surface area (Å²) < 4.78 is 16.7. The maximum atomic E-state index is 12.7. The number of allylic oxidation sites excluding steroid dienone is 14. The fraction of sp³-hybridized carbons (Fsp3) is 0.679. The lowest BCUT2D eigenvalue weighted by molar-refractivity contribution is -0.167. The van der Waals surface area contributed by atoms with Crippen LogP contribution in [-0.2, 0) is 28.6 Å². The minimum Gasteiger partial charge on any atom is -0.462 e. The highest BCUT2D eigenvalue weighted by Crippen LogP contribution is 2.13. The lowest BCUT2D eigenvalue weighted by atomic mass is 10.1. The molecule has 6 nitrogen and oxygen atoms in total. The standard InChI is InChI=1S/C53H88O6/c1-4-7-10-13-16-18-20-22-24-26-28-30-32-34-37-40-43-46-52(55)58-49-50(48-57-51(54)45-42-39-36-15-12-9-6-3)59-53(56)47-44-41-38-35-33-31-29-27-25-23-21-19-17-14-11-8-5-2/h7-8,10-11,16-19,22-25,28,30,50H,4-6,9,12-15,20-21,26-27,29,31-49H2,1-3H3/b10-7-,11-8-,18-16-,19-17-,24-22-,25-23-,30-28-. The Labute approximate surface area is 363 Å². The number of rotatable bonds is 42. The summed E-state index contributed by atoms with van der Waals surface area (Å²) in [5.41, 5.74) is 0. The molecule has 0 aliphatic heterocycles. The Morgan fingerprint density at radius 3 is 1.03 bits per heavy atom. The largest absolute Gasteiger partial charge is 0.462 e. The van der Waals surface area contributed by atoms with Gasteiger partial charge in [0.1, 0.15) is 13.2 Å². The summed E-state index contributed by atoms with van der Waals surface area (Å²) in [5.74, 6) is -0.935. The van der Waals surface area contributed by atoms with Gasteiger partial charge in [-0.05, 0) is 89.9 Å². The Bertz CT molecular complexity index is 1170. The molecule has 0 N–H and O–H groups in total. The Hall–Kier alpha value is -3.41. The Morgan fingerprint density at radius 1 is 0.356 bits per heavy atom. The van der Waals surface area contributed by atoms with Crippen LogP contribution >= 0.6 is 0 Å². The van der Waals surface area contributed by atoms with Crippen molar-refractivity contribution in [2.45, 2.75) is 219 Å². The molecule has 0 radical (unpaired) electrons. The fourth-order valence-corrected chi connectivity index (χ4v) is 6.33. The zero-order chi connectivity index (χ0) is 43.0. The van der Waals surface area contributed by atoms with Gasteiger partial charge in [-0.2, -0.15) is 0 Å². The second kappa shape index (κ2) is 47.3. The first kappa shape index (κ1) is 55.6. The van der Waals surface area contributed by atoms with Gasteiger partial charge in [0.05, 0.1) is 0 Å². The van der Waals surface area contributed by atoms with Crippen molar-refractivity contribution in [2.75, 3.05) is 13.2 Å². The Morgan fingerprint density at radius 2 is 0.661 bits per heavy atom. The van der Waals surface area contributed by atoms with Crippen molar-refractivity contribution in [1.29, 1.82) is 0 Å². The zero-order valence-electron chi connectivity index (χ0n) is 38.2. The molecule has 0 aromatic rings. The Kier molecular flexibility index (Phi) is 44.5. The van der Waals surface area contributed by atoms with Gasteiger partial charge in [-0.15, -0.1) is 0 Å². The van der Waals surface area contributed by atoms with Gasteiger partial charge in [0, 0.05) is 19.3 Å². The molecule has 0 saturated heterocycles. The van der Waals surface area contributed by atoms with E-state index in [0.29, 0.717) is 19.3 Å². The van der Waals surface area contributed by atoms with Gasteiger partial charge in [-0.1, -0.05) is 189 Å². The van der Waals surface area contributed by atoms with Gasteiger partial charge in [0.2, 0.25) is 0 Å². The molecular weight excluding hydrogens is 733 g/mol. The van der Waals surface area contributed by atoms with Crippen molar-refractivity contribution in [3.8, 4) is 0 Å². The molecule has 0 fully saturated rings. The first-order valence-corrected chi connectivity index (χ1v) is 24.1. The summed E-state index contributed by atoms with van der Waals surface area (Å²) in [4.78, 5) is 37.7. The maximum absolute atomic E-state index is 12.7. The third-order valence-electron chi connectivity index (χ3n) is 9.90. The highest BCUT2D eigenvalue weighted by molar-refractivity contribution is 5.71. The second-order valence-electron chi connectivity index (χ2n) is 15.6. The first-order valence-electron chi connectivity index (χ1n) is 24.1. The van der Waals surface area contributed by atoms with Crippen molar-refractivity contribution in [3.05, 3.63) is 85.1 Å². The van der Waals surface area contributed by atoms with Crippen LogP contribution in [0, 0.1) is 0 Å². The zero-order valence-corrected chi connectivity index (χ0v) is 38.2. The molecule has 0 amide bonds. The number of unbranched alkanes of at least 4 members (excludes halogenated alkanes) is 17. The molecule has 59 heavy (non-hydrogen) atoms. The van der Waals surface area contributed by atoms with Gasteiger partial charge in [0.15, 0.2) is 6.10 Å². The minimum atomic E-state index is -0.788. The third kappa shape index (κ3) is 45.5. The van der Waals surface area contributed by atoms with Gasteiger partial charge >= 0.3 is 17.9 Å². The van der Waals surface area contributed by atoms with Gasteiger partial charge in [-0.3, -0.25) is 14.4 Å². The molecule has 0 aliphatic rings. The molecule has 0 rings (SSSR count). The predicted octanol–water partition coefficient (Wildman–Crippen LogP) is 15.6. The van der Waals surface area contributed by atoms with Crippen molar-refractivity contribution in [2.24, 2.45) is 0 Å². The van der Waals surface area contributed by atoms with E-state index in [4.69, 9.17) is 14.2 Å². The number of ether oxygens (including phenoxy) is 3. The van der Waals surface area contributed by atoms with Crippen LogP contribution in [0.15, 0.2) is 85.1 Å². The van der Waals surface area contributed by atoms with E-state index >= 15 is 0 Å². The highest BCUT2D eigenvalue weighted by atomic mass is 16.6. The minimum absolute atomic E-state index is 0.0891. The first-order chi connectivity index (χ1) is 29.0. The van der Waals surface area contributed by atoms with Crippen molar-refractivity contribution in [1.82, 2.24) is 0 Å². The van der Waals surface area contributed by atoms with Crippen LogP contribution in [0.1, 0.15) is 213 Å². The monoisotopic (exact) mass is 821 g/mol. The smallest absolute Gasteiger partial charge is 0.306 e. The third-order valence-corrected chi connectivity index (χ3v) is 9.90. The van der Waals surface area contributed by atoms with Crippen LogP contribution in [0.3, 0.4) is 0 Å². The molecule has 0 aromatic heterocycles. The molecule has 0 aliphatic carbocycles. The fourth-order valence-electron chi connectivity index (χ4n) is 6.33. The molecule has 336 valence electrons. The van der Waals surface area contributed by atoms with Crippen LogP contribution in [0.2, 0.25) is 0 Å². The normalized spacial score (nSPS) is 12.8. The highest BCUT2D eigenvalue weighted by Gasteiger charge is 2.19. The van der Waals surface area contributed by atoms with E-state index in [9.17, 15) is 14.4 Å². The van der Waals surface area contributed by atoms with Crippen LogP contribution < -0.4 is 0 Å². The van der Waals surface area contributed by atoms with Gasteiger partial charge in [-0.25, -0.2) is 0 Å². The summed E-state index contributed by atoms with van der Waals surface area (Å²) in [6.07, 6.45) is 60.0. The predicted molar refractivity (Wildman–Crippen MR) is 251 cm³/mol. The van der Waals surface area contributed by atoms with Crippen molar-refractivity contribution in [3.63, 3.8) is 0 Å². The van der Waals surface area contributed by atoms with Crippen LogP contribution in [-0.4, -0.2) is 37.2 Å². The molecule has 0 bridgehead atoms. The maximum Gasteiger partial charge on any atom is 0.306 e. The molecule has 1 atom stereocenters. The number of esters is 3. The summed E-state index contributed by atoms with van der Waals surface area (Å²) in [5, 5.41) is 0. The lowest BCUT2D eigenvalue weighted by Crippen LogP contribution is -2.30. The van der Waals surface area contributed by atoms with E-state index in [-0.39, 0.29) is 31.1 Å². The summed E-state index contributed by atoms with van der Waals surface area (Å²) in [6, 6.07) is 0. The van der Waals surface area contributed by atoms with Crippen molar-refractivity contribution < 1.29 is 28.6 Å². The van der Waals surface area contributed by atoms with E-state index in [1.165, 1.54) is 51.4 Å². The van der Waals surface area contributed by atoms with Crippen molar-refractivity contribution >= 4 is 17.9 Å². The summed E-state index contributed by atoms with van der Waals surface area (Å²) >= 11 is 0. The number of carbonyl (C=O) groups is 3. The van der Waals surface area contributed by atoms with Crippen LogP contribution in [0.5, 0.6) is 0 Å². The molecule has 1 unspecified atom stereocenters. The second-order valence-corrected chi connectivity index (χ2v) is 15.6. The molecule has 0 spiro atoms. The molecule has 0 aromatic carbocycles. The topological polar surface area (TPSA) is 78.9 Å². The number of hydrogen-bond donors (Lipinski definition) is 0. The van der Waals surface area contributed by atoms with Gasteiger partial charge < -0.3 is 14.2 Å². The van der Waals surface area contributed by atoms with Crippen LogP contribution in [0.4, 0.5) is 0 Å².